The van der Waals surface area contributed by atoms with Crippen LogP contribution in [0.25, 0.3) is 0 Å². The summed E-state index contributed by atoms with van der Waals surface area (Å²) in [6.45, 7) is -1.57. The van der Waals surface area contributed by atoms with Crippen LogP contribution in [-0.4, -0.2) is 44.4 Å². The SMILES string of the molecule is [2H][C@@]1(n2cc(Cl)c(=O)[nH]c2=O)O[C@](F)(COP2(=O)OCc3cc(Cl)ccc3O2)[C@@H](O)[C@H]1O. The minimum Gasteiger partial charge on any atom is -0.404 e. The third kappa shape index (κ3) is 4.18. The van der Waals surface area contributed by atoms with Crippen LogP contribution in [-0.2, 0) is 25.0 Å². The molecule has 0 spiro atoms. The first kappa shape index (κ1) is 21.1. The summed E-state index contributed by atoms with van der Waals surface area (Å²) >= 11 is 11.5. The van der Waals surface area contributed by atoms with Crippen molar-refractivity contribution in [2.24, 2.45) is 0 Å². The number of H-pyrrole nitrogens is 1. The number of aliphatic hydroxyl groups is 2. The van der Waals surface area contributed by atoms with E-state index in [1.807, 2.05) is 0 Å². The molecule has 2 aliphatic rings. The van der Waals surface area contributed by atoms with Gasteiger partial charge in [0.1, 0.15) is 29.6 Å². The van der Waals surface area contributed by atoms with Crippen LogP contribution in [0.3, 0.4) is 0 Å². The molecule has 1 aromatic heterocycles. The quantitative estimate of drug-likeness (QED) is 0.531. The predicted molar refractivity (Wildman–Crippen MR) is 103 cm³/mol. The summed E-state index contributed by atoms with van der Waals surface area (Å²) in [5.41, 5.74) is -1.81. The van der Waals surface area contributed by atoms with Crippen LogP contribution in [0.5, 0.6) is 5.75 Å². The van der Waals surface area contributed by atoms with E-state index in [-0.39, 0.29) is 16.9 Å². The maximum Gasteiger partial charge on any atom is 0.530 e. The van der Waals surface area contributed by atoms with Crippen LogP contribution in [0.4, 0.5) is 4.39 Å². The second kappa shape index (κ2) is 7.98. The van der Waals surface area contributed by atoms with E-state index in [1.165, 1.54) is 18.2 Å². The van der Waals surface area contributed by atoms with Crippen LogP contribution in [0.15, 0.2) is 34.0 Å². The van der Waals surface area contributed by atoms with Crippen molar-refractivity contribution in [2.75, 3.05) is 6.61 Å². The summed E-state index contributed by atoms with van der Waals surface area (Å²) < 4.78 is 56.5. The Labute approximate surface area is 183 Å². The molecule has 2 aromatic rings. The number of nitrogens with zero attached hydrogens (tertiary/aromatic N) is 1. The van der Waals surface area contributed by atoms with Gasteiger partial charge in [-0.3, -0.25) is 23.4 Å². The topological polar surface area (TPSA) is 149 Å². The number of phosphoric acid groups is 1. The van der Waals surface area contributed by atoms with Crippen LogP contribution in [0.2, 0.25) is 10.0 Å². The van der Waals surface area contributed by atoms with Crippen molar-refractivity contribution in [1.82, 2.24) is 9.55 Å². The fraction of sp³-hybridized carbons (Fsp3) is 0.375. The van der Waals surface area contributed by atoms with Gasteiger partial charge in [-0.25, -0.2) is 13.8 Å². The Morgan fingerprint density at radius 3 is 2.90 bits per heavy atom. The minimum atomic E-state index is -4.39. The molecule has 0 bridgehead atoms. The zero-order valence-corrected chi connectivity index (χ0v) is 17.6. The standard InChI is InChI=1S/C16H14Cl2FN2O9P/c17-8-1-2-10-7(3-8)5-27-31(26,30-10)28-6-16(19)12(23)11(22)14(29-16)21-4-9(18)13(24)20-15(21)25/h1-4,11-12,14,22-23H,5-6H2,(H,20,24,25)/t11-,12+,14-,16-,31?/m1/s1/i14D. The first-order valence-corrected chi connectivity index (χ1v) is 10.7. The molecule has 31 heavy (non-hydrogen) atoms. The molecule has 0 radical (unpaired) electrons. The molecule has 11 nitrogen and oxygen atoms in total. The fourth-order valence-electron chi connectivity index (χ4n) is 2.86. The average molecular weight is 500 g/mol. The van der Waals surface area contributed by atoms with Crippen LogP contribution in [0.1, 0.15) is 13.1 Å². The largest absolute Gasteiger partial charge is 0.530 e. The third-order valence-corrected chi connectivity index (χ3v) is 6.25. The van der Waals surface area contributed by atoms with Gasteiger partial charge in [-0.05, 0) is 18.2 Å². The summed E-state index contributed by atoms with van der Waals surface area (Å²) in [5.74, 6) is -3.23. The second-order valence-corrected chi connectivity index (χ2v) is 9.00. The number of rotatable bonds is 4. The number of ether oxygens (including phenoxy) is 1. The number of fused-ring (bicyclic) bond motifs is 1. The second-order valence-electron chi connectivity index (χ2n) is 6.56. The Hall–Kier alpha value is -1.76. The van der Waals surface area contributed by atoms with E-state index in [0.717, 1.165) is 0 Å². The van der Waals surface area contributed by atoms with E-state index in [1.54, 1.807) is 4.98 Å². The Morgan fingerprint density at radius 1 is 1.42 bits per heavy atom. The maximum atomic E-state index is 15.4. The van der Waals surface area contributed by atoms with Crippen molar-refractivity contribution in [3.8, 4) is 5.75 Å². The molecule has 4 rings (SSSR count). The summed E-state index contributed by atoms with van der Waals surface area (Å²) in [5, 5.41) is 20.2. The summed E-state index contributed by atoms with van der Waals surface area (Å²) in [6, 6.07) is 4.35. The van der Waals surface area contributed by atoms with Crippen molar-refractivity contribution < 1.29 is 38.8 Å². The first-order chi connectivity index (χ1) is 14.9. The van der Waals surface area contributed by atoms with Crippen molar-refractivity contribution in [3.05, 3.63) is 60.8 Å². The van der Waals surface area contributed by atoms with Gasteiger partial charge in [0.15, 0.2) is 6.20 Å². The number of aromatic nitrogens is 2. The molecule has 0 amide bonds. The number of nitrogens with one attached hydrogen (secondary N) is 1. The van der Waals surface area contributed by atoms with Gasteiger partial charge in [0.25, 0.3) is 11.4 Å². The van der Waals surface area contributed by atoms with E-state index < -0.39 is 55.0 Å². The highest BCUT2D eigenvalue weighted by molar-refractivity contribution is 7.49. The van der Waals surface area contributed by atoms with Gasteiger partial charge in [-0.2, -0.15) is 0 Å². The molecule has 3 heterocycles. The lowest BCUT2D eigenvalue weighted by Crippen LogP contribution is -2.43. The number of alkyl halides is 1. The zero-order chi connectivity index (χ0) is 23.5. The van der Waals surface area contributed by atoms with E-state index in [4.69, 9.17) is 42.9 Å². The van der Waals surface area contributed by atoms with E-state index >= 15 is 4.39 Å². The number of hydrogen-bond donors (Lipinski definition) is 3. The van der Waals surface area contributed by atoms with E-state index in [9.17, 15) is 24.4 Å². The smallest absolute Gasteiger partial charge is 0.404 e. The Morgan fingerprint density at radius 2 is 2.16 bits per heavy atom. The number of hydrogen-bond acceptors (Lipinski definition) is 9. The number of halogens is 3. The minimum absolute atomic E-state index is 0.106. The highest BCUT2D eigenvalue weighted by Gasteiger charge is 2.57. The van der Waals surface area contributed by atoms with Gasteiger partial charge in [-0.15, -0.1) is 0 Å². The lowest BCUT2D eigenvalue weighted by atomic mass is 10.1. The van der Waals surface area contributed by atoms with Crippen LogP contribution >= 0.6 is 31.0 Å². The molecule has 1 saturated heterocycles. The summed E-state index contributed by atoms with van der Waals surface area (Å²) in [6.07, 6.45) is -7.13. The molecule has 5 atom stereocenters. The molecular weight excluding hydrogens is 485 g/mol. The molecule has 1 fully saturated rings. The molecule has 0 saturated carbocycles. The first-order valence-electron chi connectivity index (χ1n) is 9.01. The molecule has 3 N–H and O–H groups in total. The summed E-state index contributed by atoms with van der Waals surface area (Å²) in [7, 11) is -4.39. The van der Waals surface area contributed by atoms with Crippen LogP contribution < -0.4 is 15.8 Å². The van der Waals surface area contributed by atoms with E-state index in [0.29, 0.717) is 16.8 Å². The lowest BCUT2D eigenvalue weighted by Gasteiger charge is -2.28. The molecule has 0 aliphatic carbocycles. The average Bonchev–Trinajstić information content (AvgIpc) is 2.91. The highest BCUT2D eigenvalue weighted by atomic mass is 35.5. The van der Waals surface area contributed by atoms with Gasteiger partial charge in [0.2, 0.25) is 0 Å². The highest BCUT2D eigenvalue weighted by Crippen LogP contribution is 2.56. The molecular formula is C16H14Cl2FN2O9P. The van der Waals surface area contributed by atoms with Gasteiger partial charge in [-0.1, -0.05) is 23.2 Å². The number of aromatic amines is 1. The Balaban J connectivity index is 1.56. The summed E-state index contributed by atoms with van der Waals surface area (Å²) in [4.78, 5) is 25.2. The van der Waals surface area contributed by atoms with Gasteiger partial charge < -0.3 is 19.5 Å². The zero-order valence-electron chi connectivity index (χ0n) is 16.2. The molecule has 1 unspecified atom stereocenters. The van der Waals surface area contributed by atoms with Gasteiger partial charge in [0, 0.05) is 16.8 Å². The lowest BCUT2D eigenvalue weighted by molar-refractivity contribution is -0.205. The monoisotopic (exact) mass is 499 g/mol. The Kier molecular flexibility index (Phi) is 5.43. The normalized spacial score (nSPS) is 35.3. The third-order valence-electron chi connectivity index (χ3n) is 4.43. The maximum absolute atomic E-state index is 15.4. The van der Waals surface area contributed by atoms with Crippen LogP contribution in [0, 0.1) is 0 Å². The van der Waals surface area contributed by atoms with Gasteiger partial charge >= 0.3 is 13.5 Å². The van der Waals surface area contributed by atoms with Crippen molar-refractivity contribution in [3.63, 3.8) is 0 Å². The van der Waals surface area contributed by atoms with Crippen molar-refractivity contribution in [1.29, 1.82) is 0 Å². The Bertz CT molecular complexity index is 1240. The van der Waals surface area contributed by atoms with Crippen molar-refractivity contribution >= 4 is 31.0 Å². The molecule has 2 aliphatic heterocycles. The predicted octanol–water partition coefficient (Wildman–Crippen LogP) is 1.49. The fourth-order valence-corrected chi connectivity index (χ4v) is 4.43. The number of benzene rings is 1. The van der Waals surface area contributed by atoms with Gasteiger partial charge in [0.05, 0.1) is 7.98 Å². The molecule has 168 valence electrons. The number of phosphoric ester groups is 1. The number of aliphatic hydroxyl groups excluding tert-OH is 2. The molecule has 1 aromatic carbocycles. The van der Waals surface area contributed by atoms with E-state index in [2.05, 4.69) is 0 Å². The molecule has 15 heteroatoms. The van der Waals surface area contributed by atoms with Crippen molar-refractivity contribution in [2.45, 2.75) is 30.9 Å².